The van der Waals surface area contributed by atoms with Crippen molar-refractivity contribution in [2.24, 2.45) is 0 Å². The summed E-state index contributed by atoms with van der Waals surface area (Å²) in [6, 6.07) is 3.96. The third kappa shape index (κ3) is 4.37. The molecule has 1 unspecified atom stereocenters. The van der Waals surface area contributed by atoms with E-state index in [1.807, 2.05) is 0 Å². The monoisotopic (exact) mass is 302 g/mol. The number of nitro benzene ring substituents is 1. The number of nitrogens with zero attached hydrogens (tertiary/aromatic N) is 1. The van der Waals surface area contributed by atoms with Gasteiger partial charge in [0, 0.05) is 11.8 Å². The largest absolute Gasteiger partial charge is 0.496 e. The Hall–Kier alpha value is -1.83. The summed E-state index contributed by atoms with van der Waals surface area (Å²) < 4.78 is 28.0. The second-order valence-corrected chi connectivity index (χ2v) is 6.78. The molecule has 8 heteroatoms. The molecular weight excluding hydrogens is 284 g/mol. The van der Waals surface area contributed by atoms with Crippen molar-refractivity contribution in [1.82, 2.24) is 0 Å². The molecule has 0 heterocycles. The number of sulfone groups is 1. The maximum absolute atomic E-state index is 11.5. The van der Waals surface area contributed by atoms with E-state index in [9.17, 15) is 18.5 Å². The van der Waals surface area contributed by atoms with Gasteiger partial charge in [-0.25, -0.2) is 8.42 Å². The lowest BCUT2D eigenvalue weighted by Gasteiger charge is -2.15. The molecule has 0 aliphatic rings. The van der Waals surface area contributed by atoms with Gasteiger partial charge in [0.2, 0.25) is 0 Å². The van der Waals surface area contributed by atoms with Crippen molar-refractivity contribution in [3.8, 4) is 5.75 Å². The van der Waals surface area contributed by atoms with Gasteiger partial charge in [0.15, 0.2) is 9.84 Å². The molecule has 0 saturated carbocycles. The first-order valence-corrected chi connectivity index (χ1v) is 7.90. The van der Waals surface area contributed by atoms with Gasteiger partial charge in [-0.05, 0) is 19.1 Å². The van der Waals surface area contributed by atoms with Crippen LogP contribution in [0.2, 0.25) is 0 Å². The highest BCUT2D eigenvalue weighted by molar-refractivity contribution is 7.91. The summed E-state index contributed by atoms with van der Waals surface area (Å²) in [7, 11) is -1.72. The number of nitro groups is 1. The van der Waals surface area contributed by atoms with Crippen LogP contribution in [0.15, 0.2) is 18.2 Å². The summed E-state index contributed by atoms with van der Waals surface area (Å²) in [5, 5.41) is 13.9. The second kappa shape index (κ2) is 6.56. The minimum absolute atomic E-state index is 0.0454. The molecule has 0 saturated heterocycles. The quantitative estimate of drug-likeness (QED) is 0.609. The average Bonchev–Trinajstić information content (AvgIpc) is 2.38. The van der Waals surface area contributed by atoms with Crippen LogP contribution in [0.4, 0.5) is 11.4 Å². The molecule has 112 valence electrons. The molecule has 1 atom stereocenters. The Bertz CT molecular complexity index is 586. The lowest BCUT2D eigenvalue weighted by atomic mass is 10.2. The van der Waals surface area contributed by atoms with Crippen LogP contribution in [-0.2, 0) is 9.84 Å². The first-order valence-electron chi connectivity index (χ1n) is 6.08. The number of ether oxygens (including phenoxy) is 1. The van der Waals surface area contributed by atoms with E-state index in [0.29, 0.717) is 5.75 Å². The molecule has 0 fully saturated rings. The smallest absolute Gasteiger partial charge is 0.296 e. The van der Waals surface area contributed by atoms with Crippen LogP contribution < -0.4 is 10.1 Å². The van der Waals surface area contributed by atoms with Crippen molar-refractivity contribution in [2.45, 2.75) is 19.9 Å². The number of hydrogen-bond acceptors (Lipinski definition) is 6. The maximum atomic E-state index is 11.5. The number of hydrogen-bond donors (Lipinski definition) is 1. The molecule has 1 N–H and O–H groups in total. The number of nitrogens with one attached hydrogen (secondary N) is 1. The minimum atomic E-state index is -3.14. The third-order valence-corrected chi connectivity index (χ3v) is 4.63. The SMILES string of the molecule is CCS(=O)(=O)CC(C)Nc1ccc(OC)cc1[N+](=O)[O-]. The zero-order valence-electron chi connectivity index (χ0n) is 11.6. The number of rotatable bonds is 7. The molecule has 0 bridgehead atoms. The van der Waals surface area contributed by atoms with Crippen molar-refractivity contribution in [3.05, 3.63) is 28.3 Å². The highest BCUT2D eigenvalue weighted by Crippen LogP contribution is 2.29. The summed E-state index contributed by atoms with van der Waals surface area (Å²) in [4.78, 5) is 10.5. The Labute approximate surface area is 118 Å². The fraction of sp³-hybridized carbons (Fsp3) is 0.500. The molecular formula is C12H18N2O5S. The molecule has 20 heavy (non-hydrogen) atoms. The number of methoxy groups -OCH3 is 1. The van der Waals surface area contributed by atoms with Crippen LogP contribution in [0.5, 0.6) is 5.75 Å². The van der Waals surface area contributed by atoms with E-state index in [4.69, 9.17) is 4.74 Å². The van der Waals surface area contributed by atoms with Crippen LogP contribution in [0.1, 0.15) is 13.8 Å². The van der Waals surface area contributed by atoms with E-state index in [2.05, 4.69) is 5.32 Å². The summed E-state index contributed by atoms with van der Waals surface area (Å²) >= 11 is 0. The Kier molecular flexibility index (Phi) is 5.32. The zero-order chi connectivity index (χ0) is 15.3. The van der Waals surface area contributed by atoms with Crippen LogP contribution >= 0.6 is 0 Å². The molecule has 0 aromatic heterocycles. The van der Waals surface area contributed by atoms with Gasteiger partial charge in [0.05, 0.1) is 23.9 Å². The minimum Gasteiger partial charge on any atom is -0.496 e. The zero-order valence-corrected chi connectivity index (χ0v) is 12.4. The first-order chi connectivity index (χ1) is 9.29. The molecule has 0 aliphatic carbocycles. The fourth-order valence-corrected chi connectivity index (χ4v) is 2.80. The second-order valence-electron chi connectivity index (χ2n) is 4.38. The summed E-state index contributed by atoms with van der Waals surface area (Å²) in [6.07, 6.45) is 0. The molecule has 1 rings (SSSR count). The normalized spacial score (nSPS) is 12.8. The molecule has 0 radical (unpaired) electrons. The van der Waals surface area contributed by atoms with Crippen LogP contribution in [0, 0.1) is 10.1 Å². The van der Waals surface area contributed by atoms with Gasteiger partial charge < -0.3 is 10.1 Å². The van der Waals surface area contributed by atoms with Crippen molar-refractivity contribution >= 4 is 21.2 Å². The van der Waals surface area contributed by atoms with E-state index >= 15 is 0 Å². The molecule has 7 nitrogen and oxygen atoms in total. The van der Waals surface area contributed by atoms with Gasteiger partial charge in [0.25, 0.3) is 5.69 Å². The van der Waals surface area contributed by atoms with Gasteiger partial charge in [0.1, 0.15) is 11.4 Å². The van der Waals surface area contributed by atoms with E-state index in [1.54, 1.807) is 19.9 Å². The lowest BCUT2D eigenvalue weighted by molar-refractivity contribution is -0.384. The molecule has 0 amide bonds. The van der Waals surface area contributed by atoms with Crippen LogP contribution in [0.25, 0.3) is 0 Å². The first kappa shape index (κ1) is 16.2. The highest BCUT2D eigenvalue weighted by Gasteiger charge is 2.19. The van der Waals surface area contributed by atoms with Crippen molar-refractivity contribution in [2.75, 3.05) is 23.9 Å². The summed E-state index contributed by atoms with van der Waals surface area (Å²) in [5.41, 5.74) is 0.125. The number of anilines is 1. The Balaban J connectivity index is 2.94. The fourth-order valence-electron chi connectivity index (χ4n) is 1.72. The standard InChI is InChI=1S/C12H18N2O5S/c1-4-20(17,18)8-9(2)13-11-6-5-10(19-3)7-12(11)14(15)16/h5-7,9,13H,4,8H2,1-3H3. The van der Waals surface area contributed by atoms with Crippen molar-refractivity contribution in [1.29, 1.82) is 0 Å². The maximum Gasteiger partial charge on any atom is 0.296 e. The van der Waals surface area contributed by atoms with Crippen LogP contribution in [-0.4, -0.2) is 38.0 Å². The van der Waals surface area contributed by atoms with Gasteiger partial charge in [-0.2, -0.15) is 0 Å². The summed E-state index contributed by atoms with van der Waals surface area (Å²) in [5.74, 6) is 0.340. The van der Waals surface area contributed by atoms with Gasteiger partial charge in [-0.1, -0.05) is 6.92 Å². The third-order valence-electron chi connectivity index (χ3n) is 2.75. The van der Waals surface area contributed by atoms with Gasteiger partial charge >= 0.3 is 0 Å². The van der Waals surface area contributed by atoms with E-state index in [-0.39, 0.29) is 22.9 Å². The summed E-state index contributed by atoms with van der Waals surface area (Å²) in [6.45, 7) is 3.24. The van der Waals surface area contributed by atoms with Gasteiger partial charge in [-0.3, -0.25) is 10.1 Å². The molecule has 0 spiro atoms. The van der Waals surface area contributed by atoms with E-state index in [0.717, 1.165) is 0 Å². The van der Waals surface area contributed by atoms with Crippen molar-refractivity contribution in [3.63, 3.8) is 0 Å². The van der Waals surface area contributed by atoms with Crippen molar-refractivity contribution < 1.29 is 18.1 Å². The Morgan fingerprint density at radius 2 is 2.10 bits per heavy atom. The predicted octanol–water partition coefficient (Wildman–Crippen LogP) is 1.84. The Morgan fingerprint density at radius 3 is 2.60 bits per heavy atom. The van der Waals surface area contributed by atoms with E-state index < -0.39 is 20.8 Å². The predicted molar refractivity (Wildman–Crippen MR) is 77.1 cm³/mol. The highest BCUT2D eigenvalue weighted by atomic mass is 32.2. The average molecular weight is 302 g/mol. The van der Waals surface area contributed by atoms with Gasteiger partial charge in [-0.15, -0.1) is 0 Å². The van der Waals surface area contributed by atoms with E-state index in [1.165, 1.54) is 19.2 Å². The topological polar surface area (TPSA) is 98.5 Å². The number of benzene rings is 1. The Morgan fingerprint density at radius 1 is 1.45 bits per heavy atom. The lowest BCUT2D eigenvalue weighted by Crippen LogP contribution is -2.27. The molecule has 1 aromatic carbocycles. The molecule has 0 aliphatic heterocycles. The molecule has 1 aromatic rings. The van der Waals surface area contributed by atoms with Crippen LogP contribution in [0.3, 0.4) is 0 Å².